The Morgan fingerprint density at radius 2 is 1.73 bits per heavy atom. The van der Waals surface area contributed by atoms with E-state index in [-0.39, 0.29) is 44.0 Å². The summed E-state index contributed by atoms with van der Waals surface area (Å²) in [7, 11) is -3.68. The van der Waals surface area contributed by atoms with Crippen LogP contribution in [0.4, 0.5) is 10.5 Å². The summed E-state index contributed by atoms with van der Waals surface area (Å²) in [5.41, 5.74) is -1.31. The van der Waals surface area contributed by atoms with Crippen molar-refractivity contribution in [2.45, 2.75) is 51.2 Å². The highest BCUT2D eigenvalue weighted by Crippen LogP contribution is 2.33. The Kier molecular flexibility index (Phi) is 5.92. The highest BCUT2D eigenvalue weighted by Gasteiger charge is 2.53. The predicted molar refractivity (Wildman–Crippen MR) is 110 cm³/mol. The molecule has 0 aromatic heterocycles. The number of amides is 3. The highest BCUT2D eigenvalue weighted by atomic mass is 32.2. The van der Waals surface area contributed by atoms with Crippen molar-refractivity contribution in [1.29, 1.82) is 0 Å². The van der Waals surface area contributed by atoms with Crippen molar-refractivity contribution in [2.75, 3.05) is 23.7 Å². The van der Waals surface area contributed by atoms with Gasteiger partial charge in [0.2, 0.25) is 10.0 Å². The molecule has 0 radical (unpaired) electrons. The number of sulfonamides is 1. The summed E-state index contributed by atoms with van der Waals surface area (Å²) in [6, 6.07) is 8.10. The Labute approximate surface area is 176 Å². The van der Waals surface area contributed by atoms with Crippen molar-refractivity contribution >= 4 is 33.6 Å². The van der Waals surface area contributed by atoms with Crippen LogP contribution in [0.2, 0.25) is 0 Å². The van der Waals surface area contributed by atoms with Crippen molar-refractivity contribution in [1.82, 2.24) is 9.62 Å². The van der Waals surface area contributed by atoms with Gasteiger partial charge in [0.05, 0.1) is 17.9 Å². The first-order valence-electron chi connectivity index (χ1n) is 9.85. The summed E-state index contributed by atoms with van der Waals surface area (Å²) in [6.45, 7) is 5.33. The van der Waals surface area contributed by atoms with Crippen LogP contribution in [0.25, 0.3) is 0 Å². The number of anilines is 1. The topological polar surface area (TPSA) is 113 Å². The fourth-order valence-electron chi connectivity index (χ4n) is 3.65. The number of benzene rings is 1. The van der Waals surface area contributed by atoms with Gasteiger partial charge in [0.25, 0.3) is 5.91 Å². The van der Waals surface area contributed by atoms with Crippen LogP contribution < -0.4 is 10.2 Å². The number of hydrogen-bond donors (Lipinski definition) is 1. The molecular formula is C20H27N3O6S. The SMILES string of the molecule is CC(C)(C)OC(=O)CCS(=O)(=O)N1CCC2(CC1)NC(=O)N(c1ccccc1)C2=O. The molecule has 2 aliphatic heterocycles. The van der Waals surface area contributed by atoms with Crippen LogP contribution in [0.3, 0.4) is 0 Å². The average molecular weight is 438 g/mol. The summed E-state index contributed by atoms with van der Waals surface area (Å²) < 4.78 is 31.7. The molecule has 30 heavy (non-hydrogen) atoms. The average Bonchev–Trinajstić information content (AvgIpc) is 2.89. The number of rotatable bonds is 5. The maximum Gasteiger partial charge on any atom is 0.329 e. The van der Waals surface area contributed by atoms with E-state index in [4.69, 9.17) is 4.74 Å². The number of para-hydroxylation sites is 1. The smallest absolute Gasteiger partial charge is 0.329 e. The van der Waals surface area contributed by atoms with E-state index >= 15 is 0 Å². The zero-order valence-electron chi connectivity index (χ0n) is 17.4. The van der Waals surface area contributed by atoms with E-state index in [1.165, 1.54) is 4.31 Å². The van der Waals surface area contributed by atoms with Gasteiger partial charge in [0, 0.05) is 13.1 Å². The van der Waals surface area contributed by atoms with E-state index in [1.807, 2.05) is 0 Å². The number of carbonyl (C=O) groups is 3. The zero-order chi connectivity index (χ0) is 22.2. The molecule has 2 saturated heterocycles. The Balaban J connectivity index is 1.62. The number of ether oxygens (including phenoxy) is 1. The third-order valence-corrected chi connectivity index (χ3v) is 7.00. The van der Waals surface area contributed by atoms with Gasteiger partial charge in [0.15, 0.2) is 0 Å². The van der Waals surface area contributed by atoms with Crippen molar-refractivity contribution in [3.8, 4) is 0 Å². The molecular weight excluding hydrogens is 410 g/mol. The van der Waals surface area contributed by atoms with Crippen LogP contribution in [-0.4, -0.2) is 60.6 Å². The van der Waals surface area contributed by atoms with E-state index in [1.54, 1.807) is 51.1 Å². The van der Waals surface area contributed by atoms with Gasteiger partial charge < -0.3 is 10.1 Å². The van der Waals surface area contributed by atoms with Crippen LogP contribution in [0, 0.1) is 0 Å². The van der Waals surface area contributed by atoms with E-state index < -0.39 is 33.2 Å². The van der Waals surface area contributed by atoms with Crippen LogP contribution >= 0.6 is 0 Å². The lowest BCUT2D eigenvalue weighted by atomic mass is 9.88. The number of esters is 1. The Morgan fingerprint density at radius 3 is 2.30 bits per heavy atom. The number of piperidine rings is 1. The monoisotopic (exact) mass is 437 g/mol. The molecule has 0 aliphatic carbocycles. The molecule has 9 nitrogen and oxygen atoms in total. The number of imide groups is 1. The van der Waals surface area contributed by atoms with E-state index in [9.17, 15) is 22.8 Å². The van der Waals surface area contributed by atoms with Crippen LogP contribution in [0.1, 0.15) is 40.0 Å². The second-order valence-electron chi connectivity index (χ2n) is 8.54. The van der Waals surface area contributed by atoms with Gasteiger partial charge in [0.1, 0.15) is 11.1 Å². The summed E-state index contributed by atoms with van der Waals surface area (Å²) in [5.74, 6) is -1.30. The largest absolute Gasteiger partial charge is 0.460 e. The molecule has 3 amide bonds. The van der Waals surface area contributed by atoms with Crippen molar-refractivity contribution in [2.24, 2.45) is 0 Å². The summed E-state index contributed by atoms with van der Waals surface area (Å²) in [6.07, 6.45) is 0.109. The molecule has 1 aromatic rings. The number of nitrogens with one attached hydrogen (secondary N) is 1. The quantitative estimate of drug-likeness (QED) is 0.553. The molecule has 2 aliphatic rings. The third kappa shape index (κ3) is 4.65. The number of hydrogen-bond acceptors (Lipinski definition) is 6. The maximum absolute atomic E-state index is 13.0. The maximum atomic E-state index is 13.0. The van der Waals surface area contributed by atoms with E-state index in [0.717, 1.165) is 4.90 Å². The summed E-state index contributed by atoms with van der Waals surface area (Å²) >= 11 is 0. The van der Waals surface area contributed by atoms with Crippen molar-refractivity contribution < 1.29 is 27.5 Å². The van der Waals surface area contributed by atoms with Gasteiger partial charge in [-0.25, -0.2) is 22.4 Å². The molecule has 0 atom stereocenters. The van der Waals surface area contributed by atoms with Crippen molar-refractivity contribution in [3.05, 3.63) is 30.3 Å². The molecule has 0 saturated carbocycles. The number of urea groups is 1. The fraction of sp³-hybridized carbons (Fsp3) is 0.550. The van der Waals surface area contributed by atoms with Gasteiger partial charge in [-0.05, 0) is 45.7 Å². The van der Waals surface area contributed by atoms with E-state index in [0.29, 0.717) is 5.69 Å². The van der Waals surface area contributed by atoms with Crippen LogP contribution in [-0.2, 0) is 24.3 Å². The highest BCUT2D eigenvalue weighted by molar-refractivity contribution is 7.89. The van der Waals surface area contributed by atoms with Gasteiger partial charge in [-0.15, -0.1) is 0 Å². The van der Waals surface area contributed by atoms with Crippen molar-refractivity contribution in [3.63, 3.8) is 0 Å². The van der Waals surface area contributed by atoms with Crippen LogP contribution in [0.15, 0.2) is 30.3 Å². The first kappa shape index (κ1) is 22.2. The zero-order valence-corrected chi connectivity index (χ0v) is 18.2. The molecule has 2 heterocycles. The molecule has 2 fully saturated rings. The van der Waals surface area contributed by atoms with Gasteiger partial charge in [-0.2, -0.15) is 0 Å². The third-order valence-electron chi connectivity index (χ3n) is 5.13. The summed E-state index contributed by atoms with van der Waals surface area (Å²) in [4.78, 5) is 38.4. The lowest BCUT2D eigenvalue weighted by molar-refractivity contribution is -0.154. The van der Waals surface area contributed by atoms with Gasteiger partial charge in [-0.1, -0.05) is 18.2 Å². The molecule has 1 N–H and O–H groups in total. The lowest BCUT2D eigenvalue weighted by Crippen LogP contribution is -2.56. The molecule has 3 rings (SSSR count). The second kappa shape index (κ2) is 7.99. The number of nitrogens with zero attached hydrogens (tertiary/aromatic N) is 2. The standard InChI is InChI=1S/C20H27N3O6S/c1-19(2,3)29-16(24)9-14-30(27,28)22-12-10-20(11-13-22)17(25)23(18(26)21-20)15-7-5-4-6-8-15/h4-8H,9-14H2,1-3H3,(H,21,26). The minimum absolute atomic E-state index is 0.0886. The minimum atomic E-state index is -3.68. The van der Waals surface area contributed by atoms with Gasteiger partial charge in [-0.3, -0.25) is 9.59 Å². The normalized spacial score (nSPS) is 19.8. The molecule has 0 bridgehead atoms. The fourth-order valence-corrected chi connectivity index (χ4v) is 5.07. The van der Waals surface area contributed by atoms with E-state index in [2.05, 4.69) is 5.32 Å². The molecule has 164 valence electrons. The first-order chi connectivity index (χ1) is 13.9. The summed E-state index contributed by atoms with van der Waals surface area (Å²) in [5, 5.41) is 2.76. The lowest BCUT2D eigenvalue weighted by Gasteiger charge is -2.36. The molecule has 10 heteroatoms. The van der Waals surface area contributed by atoms with Crippen LogP contribution in [0.5, 0.6) is 0 Å². The molecule has 0 unspecified atom stereocenters. The Hall–Kier alpha value is -2.46. The Morgan fingerprint density at radius 1 is 1.13 bits per heavy atom. The predicted octanol–water partition coefficient (Wildman–Crippen LogP) is 1.64. The minimum Gasteiger partial charge on any atom is -0.460 e. The Bertz CT molecular complexity index is 931. The molecule has 1 aromatic carbocycles. The molecule has 1 spiro atoms. The second-order valence-corrected chi connectivity index (χ2v) is 10.6. The first-order valence-corrected chi connectivity index (χ1v) is 11.5. The number of carbonyl (C=O) groups excluding carboxylic acids is 3. The van der Waals surface area contributed by atoms with Gasteiger partial charge >= 0.3 is 12.0 Å².